The highest BCUT2D eigenvalue weighted by atomic mass is 32.2. The lowest BCUT2D eigenvalue weighted by atomic mass is 10.1. The van der Waals surface area contributed by atoms with E-state index in [2.05, 4.69) is 12.2 Å². The smallest absolute Gasteiger partial charge is 0.137 e. The van der Waals surface area contributed by atoms with E-state index in [-0.39, 0.29) is 11.9 Å². The first-order chi connectivity index (χ1) is 6.24. The zero-order valence-electron chi connectivity index (χ0n) is 7.67. The first kappa shape index (κ1) is 9.03. The van der Waals surface area contributed by atoms with Crippen LogP contribution in [0.3, 0.4) is 0 Å². The minimum atomic E-state index is -0.0906. The lowest BCUT2D eigenvalue weighted by Gasteiger charge is -2.13. The number of nitrogens with one attached hydrogen (secondary N) is 1. The van der Waals surface area contributed by atoms with Crippen molar-refractivity contribution >= 4 is 11.8 Å². The predicted octanol–water partition coefficient (Wildman–Crippen LogP) is 2.58. The van der Waals surface area contributed by atoms with Crippen LogP contribution in [0, 0.1) is 5.82 Å². The van der Waals surface area contributed by atoms with Crippen molar-refractivity contribution in [2.75, 3.05) is 7.05 Å². The average Bonchev–Trinajstić information content (AvgIpc) is 2.43. The fourth-order valence-electron chi connectivity index (χ4n) is 1.79. The fourth-order valence-corrected chi connectivity index (χ4v) is 3.09. The summed E-state index contributed by atoms with van der Waals surface area (Å²) in [7, 11) is 1.92. The van der Waals surface area contributed by atoms with E-state index in [1.54, 1.807) is 17.8 Å². The Kier molecular flexibility index (Phi) is 2.30. The molecule has 2 rings (SSSR count). The maximum Gasteiger partial charge on any atom is 0.137 e. The van der Waals surface area contributed by atoms with E-state index in [4.69, 9.17) is 0 Å². The summed E-state index contributed by atoms with van der Waals surface area (Å²) >= 11 is 1.61. The van der Waals surface area contributed by atoms with Crippen LogP contribution in [0.5, 0.6) is 0 Å². The van der Waals surface area contributed by atoms with Crippen molar-refractivity contribution in [3.8, 4) is 0 Å². The molecule has 0 saturated carbocycles. The largest absolute Gasteiger partial charge is 0.312 e. The van der Waals surface area contributed by atoms with Crippen LogP contribution >= 0.6 is 11.8 Å². The van der Waals surface area contributed by atoms with Crippen molar-refractivity contribution in [2.45, 2.75) is 23.1 Å². The van der Waals surface area contributed by atoms with E-state index in [1.165, 1.54) is 6.07 Å². The summed E-state index contributed by atoms with van der Waals surface area (Å²) in [6.45, 7) is 2.12. The van der Waals surface area contributed by atoms with Gasteiger partial charge in [0.25, 0.3) is 0 Å². The van der Waals surface area contributed by atoms with Gasteiger partial charge in [0, 0.05) is 16.2 Å². The highest BCUT2D eigenvalue weighted by Crippen LogP contribution is 2.44. The summed E-state index contributed by atoms with van der Waals surface area (Å²) in [5, 5.41) is 3.62. The van der Waals surface area contributed by atoms with Gasteiger partial charge in [-0.2, -0.15) is 0 Å². The molecular formula is C10H12FNS. The van der Waals surface area contributed by atoms with Crippen molar-refractivity contribution in [3.63, 3.8) is 0 Å². The molecule has 0 aromatic heterocycles. The lowest BCUT2D eigenvalue weighted by Crippen LogP contribution is -2.21. The summed E-state index contributed by atoms with van der Waals surface area (Å²) in [4.78, 5) is 0.814. The molecule has 0 bridgehead atoms. The number of benzene rings is 1. The van der Waals surface area contributed by atoms with Gasteiger partial charge < -0.3 is 5.32 Å². The summed E-state index contributed by atoms with van der Waals surface area (Å²) in [6.07, 6.45) is 0. The van der Waals surface area contributed by atoms with E-state index in [9.17, 15) is 4.39 Å². The van der Waals surface area contributed by atoms with Crippen LogP contribution in [0.2, 0.25) is 0 Å². The Morgan fingerprint density at radius 3 is 2.92 bits per heavy atom. The summed E-state index contributed by atoms with van der Waals surface area (Å²) in [6, 6.07) is 5.58. The van der Waals surface area contributed by atoms with Gasteiger partial charge in [-0.25, -0.2) is 4.39 Å². The van der Waals surface area contributed by atoms with Crippen molar-refractivity contribution in [2.24, 2.45) is 0 Å². The quantitative estimate of drug-likeness (QED) is 0.742. The van der Waals surface area contributed by atoms with Gasteiger partial charge in [-0.1, -0.05) is 19.1 Å². The second-order valence-electron chi connectivity index (χ2n) is 3.25. The number of fused-ring (bicyclic) bond motifs is 1. The minimum absolute atomic E-state index is 0.0906. The molecule has 0 saturated heterocycles. The standard InChI is InChI=1S/C10H12FNS/c1-6-9(12-2)7-4-3-5-8(11)10(7)13-6/h3-6,9,12H,1-2H3. The van der Waals surface area contributed by atoms with Crippen LogP contribution in [0.15, 0.2) is 23.1 Å². The molecule has 70 valence electrons. The van der Waals surface area contributed by atoms with Crippen molar-refractivity contribution in [1.82, 2.24) is 5.32 Å². The third-order valence-electron chi connectivity index (χ3n) is 2.42. The van der Waals surface area contributed by atoms with Gasteiger partial charge in [-0.05, 0) is 18.7 Å². The van der Waals surface area contributed by atoms with Crippen LogP contribution in [0.4, 0.5) is 4.39 Å². The fraction of sp³-hybridized carbons (Fsp3) is 0.400. The third kappa shape index (κ3) is 1.36. The molecule has 0 fully saturated rings. The Morgan fingerprint density at radius 2 is 2.23 bits per heavy atom. The van der Waals surface area contributed by atoms with E-state index in [0.717, 1.165) is 10.5 Å². The molecule has 0 amide bonds. The molecule has 1 aliphatic heterocycles. The van der Waals surface area contributed by atoms with E-state index < -0.39 is 0 Å². The normalized spacial score (nSPS) is 26.1. The van der Waals surface area contributed by atoms with Gasteiger partial charge in [0.1, 0.15) is 5.82 Å². The summed E-state index contributed by atoms with van der Waals surface area (Å²) < 4.78 is 13.3. The van der Waals surface area contributed by atoms with Gasteiger partial charge in [-0.15, -0.1) is 11.8 Å². The number of thioether (sulfide) groups is 1. The number of hydrogen-bond acceptors (Lipinski definition) is 2. The minimum Gasteiger partial charge on any atom is -0.312 e. The van der Waals surface area contributed by atoms with E-state index in [1.807, 2.05) is 13.1 Å². The molecule has 1 aliphatic rings. The van der Waals surface area contributed by atoms with E-state index >= 15 is 0 Å². The third-order valence-corrected chi connectivity index (χ3v) is 3.73. The van der Waals surface area contributed by atoms with Gasteiger partial charge in [0.15, 0.2) is 0 Å². The van der Waals surface area contributed by atoms with Gasteiger partial charge in [0.2, 0.25) is 0 Å². The summed E-state index contributed by atoms with van der Waals surface area (Å²) in [5.41, 5.74) is 1.10. The SMILES string of the molecule is CNC1c2cccc(F)c2SC1C. The van der Waals surface area contributed by atoms with Gasteiger partial charge in [-0.3, -0.25) is 0 Å². The first-order valence-corrected chi connectivity index (χ1v) is 5.24. The van der Waals surface area contributed by atoms with Crippen LogP contribution in [-0.4, -0.2) is 12.3 Å². The Hall–Kier alpha value is -0.540. The molecule has 1 aromatic rings. The summed E-state index contributed by atoms with van der Waals surface area (Å²) in [5.74, 6) is -0.0906. The molecule has 2 atom stereocenters. The maximum absolute atomic E-state index is 13.3. The number of rotatable bonds is 1. The van der Waals surface area contributed by atoms with Crippen molar-refractivity contribution in [3.05, 3.63) is 29.6 Å². The van der Waals surface area contributed by atoms with Crippen LogP contribution in [-0.2, 0) is 0 Å². The van der Waals surface area contributed by atoms with Crippen molar-refractivity contribution in [1.29, 1.82) is 0 Å². The molecule has 2 unspecified atom stereocenters. The zero-order valence-corrected chi connectivity index (χ0v) is 8.49. The molecule has 13 heavy (non-hydrogen) atoms. The lowest BCUT2D eigenvalue weighted by molar-refractivity contribution is 0.570. The predicted molar refractivity (Wildman–Crippen MR) is 53.5 cm³/mol. The number of hydrogen-bond donors (Lipinski definition) is 1. The molecule has 0 spiro atoms. The van der Waals surface area contributed by atoms with E-state index in [0.29, 0.717) is 5.25 Å². The Morgan fingerprint density at radius 1 is 1.46 bits per heavy atom. The van der Waals surface area contributed by atoms with Crippen LogP contribution in [0.25, 0.3) is 0 Å². The number of halogens is 1. The van der Waals surface area contributed by atoms with Gasteiger partial charge in [0.05, 0.1) is 0 Å². The average molecular weight is 197 g/mol. The Balaban J connectivity index is 2.48. The van der Waals surface area contributed by atoms with Crippen LogP contribution < -0.4 is 5.32 Å². The molecule has 3 heteroatoms. The molecule has 1 aromatic carbocycles. The van der Waals surface area contributed by atoms with Crippen molar-refractivity contribution < 1.29 is 4.39 Å². The second kappa shape index (κ2) is 3.31. The Bertz CT molecular complexity index is 327. The highest BCUT2D eigenvalue weighted by Gasteiger charge is 2.30. The van der Waals surface area contributed by atoms with Crippen LogP contribution in [0.1, 0.15) is 18.5 Å². The molecule has 1 N–H and O–H groups in total. The Labute approximate surface area is 81.7 Å². The second-order valence-corrected chi connectivity index (χ2v) is 4.64. The van der Waals surface area contributed by atoms with Gasteiger partial charge >= 0.3 is 0 Å². The molecule has 0 aliphatic carbocycles. The topological polar surface area (TPSA) is 12.0 Å². The zero-order chi connectivity index (χ0) is 9.42. The first-order valence-electron chi connectivity index (χ1n) is 4.36. The monoisotopic (exact) mass is 197 g/mol. The maximum atomic E-state index is 13.3. The highest BCUT2D eigenvalue weighted by molar-refractivity contribution is 8.00. The molecule has 1 nitrogen and oxygen atoms in total. The molecular weight excluding hydrogens is 185 g/mol. The molecule has 0 radical (unpaired) electrons. The molecule has 1 heterocycles.